The standard InChI is InChI=1S/C15H25N3S/c1-4-6-16-13(9-12(3)5-2)10-14-11-18-7-8-19-15(18)17-14/h7-8,11-13,16H,4-6,9-10H2,1-3H3. The molecule has 2 rings (SSSR count). The minimum atomic E-state index is 0.555. The average Bonchev–Trinajstić information content (AvgIpc) is 2.96. The second-order valence-electron chi connectivity index (χ2n) is 5.43. The molecule has 106 valence electrons. The third kappa shape index (κ3) is 4.05. The molecule has 0 fully saturated rings. The molecule has 2 unspecified atom stereocenters. The first-order valence-corrected chi connectivity index (χ1v) is 8.25. The summed E-state index contributed by atoms with van der Waals surface area (Å²) in [5.74, 6) is 0.776. The highest BCUT2D eigenvalue weighted by Crippen LogP contribution is 2.16. The van der Waals surface area contributed by atoms with Crippen LogP contribution in [0.4, 0.5) is 0 Å². The molecule has 0 radical (unpaired) electrons. The number of fused-ring (bicyclic) bond motifs is 1. The molecule has 3 nitrogen and oxygen atoms in total. The third-order valence-corrected chi connectivity index (χ3v) is 4.44. The van der Waals surface area contributed by atoms with E-state index in [1.54, 1.807) is 11.3 Å². The highest BCUT2D eigenvalue weighted by atomic mass is 32.1. The molecular weight excluding hydrogens is 254 g/mol. The molecule has 1 N–H and O–H groups in total. The molecule has 0 aliphatic rings. The zero-order chi connectivity index (χ0) is 13.7. The molecular formula is C15H25N3S. The monoisotopic (exact) mass is 279 g/mol. The Morgan fingerprint density at radius 1 is 1.42 bits per heavy atom. The SMILES string of the molecule is CCCNC(Cc1cn2ccsc2n1)CC(C)CC. The van der Waals surface area contributed by atoms with E-state index < -0.39 is 0 Å². The van der Waals surface area contributed by atoms with Crippen LogP contribution in [0.1, 0.15) is 45.7 Å². The van der Waals surface area contributed by atoms with Gasteiger partial charge in [0.2, 0.25) is 0 Å². The van der Waals surface area contributed by atoms with Crippen LogP contribution < -0.4 is 5.32 Å². The van der Waals surface area contributed by atoms with Gasteiger partial charge in [0.05, 0.1) is 5.69 Å². The molecule has 0 aliphatic heterocycles. The van der Waals surface area contributed by atoms with Gasteiger partial charge >= 0.3 is 0 Å². The molecule has 2 aromatic heterocycles. The maximum absolute atomic E-state index is 4.70. The van der Waals surface area contributed by atoms with E-state index in [0.717, 1.165) is 23.8 Å². The lowest BCUT2D eigenvalue weighted by atomic mass is 9.96. The lowest BCUT2D eigenvalue weighted by molar-refractivity contribution is 0.390. The van der Waals surface area contributed by atoms with Gasteiger partial charge in [0.25, 0.3) is 0 Å². The van der Waals surface area contributed by atoms with E-state index in [1.807, 2.05) is 0 Å². The normalized spacial score (nSPS) is 14.9. The van der Waals surface area contributed by atoms with Crippen molar-refractivity contribution in [2.45, 2.75) is 52.5 Å². The number of nitrogens with zero attached hydrogens (tertiary/aromatic N) is 2. The summed E-state index contributed by atoms with van der Waals surface area (Å²) < 4.78 is 2.13. The molecule has 2 heterocycles. The Hall–Kier alpha value is -0.870. The maximum atomic E-state index is 4.70. The number of nitrogens with one attached hydrogen (secondary N) is 1. The smallest absolute Gasteiger partial charge is 0.193 e. The number of hydrogen-bond donors (Lipinski definition) is 1. The Balaban J connectivity index is 1.99. The first kappa shape index (κ1) is 14.5. The van der Waals surface area contributed by atoms with Gasteiger partial charge in [0.15, 0.2) is 4.96 Å². The zero-order valence-corrected chi connectivity index (χ0v) is 13.0. The highest BCUT2D eigenvalue weighted by Gasteiger charge is 2.14. The van der Waals surface area contributed by atoms with Gasteiger partial charge in [-0.1, -0.05) is 27.2 Å². The molecule has 0 spiro atoms. The first-order valence-electron chi connectivity index (χ1n) is 7.37. The fourth-order valence-electron chi connectivity index (χ4n) is 2.37. The van der Waals surface area contributed by atoms with Crippen LogP contribution in [0.3, 0.4) is 0 Å². The quantitative estimate of drug-likeness (QED) is 0.797. The Kier molecular flexibility index (Phi) is 5.40. The summed E-state index contributed by atoms with van der Waals surface area (Å²) in [6, 6.07) is 0.555. The molecule has 19 heavy (non-hydrogen) atoms. The number of thiazole rings is 1. The van der Waals surface area contributed by atoms with E-state index in [1.165, 1.54) is 25.0 Å². The van der Waals surface area contributed by atoms with Gasteiger partial charge in [-0.2, -0.15) is 0 Å². The summed E-state index contributed by atoms with van der Waals surface area (Å²) in [5.41, 5.74) is 1.21. The van der Waals surface area contributed by atoms with Crippen molar-refractivity contribution in [2.75, 3.05) is 6.54 Å². The van der Waals surface area contributed by atoms with E-state index in [0.29, 0.717) is 6.04 Å². The molecule has 0 saturated heterocycles. The molecule has 4 heteroatoms. The number of aromatic nitrogens is 2. The predicted octanol–water partition coefficient (Wildman–Crippen LogP) is 3.74. The second kappa shape index (κ2) is 7.06. The summed E-state index contributed by atoms with van der Waals surface area (Å²) in [6.45, 7) is 7.93. The molecule has 0 aliphatic carbocycles. The fourth-order valence-corrected chi connectivity index (χ4v) is 3.09. The van der Waals surface area contributed by atoms with Gasteiger partial charge in [-0.3, -0.25) is 4.40 Å². The summed E-state index contributed by atoms with van der Waals surface area (Å²) in [6.07, 6.45) is 8.97. The highest BCUT2D eigenvalue weighted by molar-refractivity contribution is 7.15. The predicted molar refractivity (Wildman–Crippen MR) is 82.9 cm³/mol. The average molecular weight is 279 g/mol. The summed E-state index contributed by atoms with van der Waals surface area (Å²) in [7, 11) is 0. The van der Waals surface area contributed by atoms with Gasteiger partial charge in [0, 0.05) is 30.2 Å². The van der Waals surface area contributed by atoms with Crippen molar-refractivity contribution in [1.29, 1.82) is 0 Å². The van der Waals surface area contributed by atoms with Crippen LogP contribution in [-0.2, 0) is 6.42 Å². The second-order valence-corrected chi connectivity index (χ2v) is 6.30. The fraction of sp³-hybridized carbons (Fsp3) is 0.667. The Labute approximate surface area is 120 Å². The minimum absolute atomic E-state index is 0.555. The molecule has 0 saturated carbocycles. The van der Waals surface area contributed by atoms with E-state index in [-0.39, 0.29) is 0 Å². The van der Waals surface area contributed by atoms with Gasteiger partial charge in [-0.15, -0.1) is 11.3 Å². The van der Waals surface area contributed by atoms with Crippen LogP contribution in [0.2, 0.25) is 0 Å². The lowest BCUT2D eigenvalue weighted by Gasteiger charge is -2.20. The Morgan fingerprint density at radius 3 is 2.95 bits per heavy atom. The van der Waals surface area contributed by atoms with Gasteiger partial charge < -0.3 is 5.32 Å². The summed E-state index contributed by atoms with van der Waals surface area (Å²) in [4.78, 5) is 5.80. The van der Waals surface area contributed by atoms with Crippen molar-refractivity contribution in [2.24, 2.45) is 5.92 Å². The van der Waals surface area contributed by atoms with Crippen molar-refractivity contribution in [3.8, 4) is 0 Å². The van der Waals surface area contributed by atoms with Crippen molar-refractivity contribution in [3.05, 3.63) is 23.5 Å². The van der Waals surface area contributed by atoms with Crippen LogP contribution in [0.25, 0.3) is 4.96 Å². The van der Waals surface area contributed by atoms with Crippen LogP contribution in [-0.4, -0.2) is 22.0 Å². The van der Waals surface area contributed by atoms with E-state index in [4.69, 9.17) is 4.98 Å². The Morgan fingerprint density at radius 2 is 2.26 bits per heavy atom. The molecule has 2 atom stereocenters. The van der Waals surface area contributed by atoms with Crippen molar-refractivity contribution in [1.82, 2.24) is 14.7 Å². The van der Waals surface area contributed by atoms with Gasteiger partial charge in [-0.05, 0) is 25.3 Å². The molecule has 2 aromatic rings. The topological polar surface area (TPSA) is 29.3 Å². The molecule has 0 amide bonds. The van der Waals surface area contributed by atoms with Crippen LogP contribution in [0, 0.1) is 5.92 Å². The Bertz CT molecular complexity index is 460. The van der Waals surface area contributed by atoms with Gasteiger partial charge in [0.1, 0.15) is 0 Å². The van der Waals surface area contributed by atoms with Gasteiger partial charge in [-0.25, -0.2) is 4.98 Å². The van der Waals surface area contributed by atoms with Crippen molar-refractivity contribution in [3.63, 3.8) is 0 Å². The lowest BCUT2D eigenvalue weighted by Crippen LogP contribution is -2.33. The number of hydrogen-bond acceptors (Lipinski definition) is 3. The number of rotatable bonds is 8. The summed E-state index contributed by atoms with van der Waals surface area (Å²) in [5, 5.41) is 5.76. The first-order chi connectivity index (χ1) is 9.22. The minimum Gasteiger partial charge on any atom is -0.314 e. The van der Waals surface area contributed by atoms with Crippen LogP contribution in [0.15, 0.2) is 17.8 Å². The summed E-state index contributed by atoms with van der Waals surface area (Å²) >= 11 is 1.70. The van der Waals surface area contributed by atoms with Crippen molar-refractivity contribution < 1.29 is 0 Å². The third-order valence-electron chi connectivity index (χ3n) is 3.67. The molecule has 0 aromatic carbocycles. The zero-order valence-electron chi connectivity index (χ0n) is 12.2. The number of imidazole rings is 1. The van der Waals surface area contributed by atoms with Crippen molar-refractivity contribution >= 4 is 16.3 Å². The maximum Gasteiger partial charge on any atom is 0.193 e. The largest absolute Gasteiger partial charge is 0.314 e. The van der Waals surface area contributed by atoms with E-state index >= 15 is 0 Å². The van der Waals surface area contributed by atoms with E-state index in [9.17, 15) is 0 Å². The van der Waals surface area contributed by atoms with Crippen LogP contribution in [0.5, 0.6) is 0 Å². The van der Waals surface area contributed by atoms with E-state index in [2.05, 4.69) is 48.3 Å². The van der Waals surface area contributed by atoms with Crippen LogP contribution >= 0.6 is 11.3 Å². The molecule has 0 bridgehead atoms.